The van der Waals surface area contributed by atoms with E-state index in [2.05, 4.69) is 22.2 Å². The SMILES string of the molecule is CCCC(Nc1cnc(-c2ccc(C(F)(F)F)cc2)cn1)c1ccc(C(=O)OCC)cc1. The number of hydrogen-bond donors (Lipinski definition) is 1. The average molecular weight is 443 g/mol. The Balaban J connectivity index is 1.72. The van der Waals surface area contributed by atoms with Crippen LogP contribution in [-0.2, 0) is 10.9 Å². The molecular weight excluding hydrogens is 419 g/mol. The standard InChI is InChI=1S/C24H24F3N3O2/c1-3-5-20(16-6-8-18(9-7-16)23(31)32-4-2)30-22-15-28-21(14-29-22)17-10-12-19(13-11-17)24(25,26)27/h6-15,20H,3-5H2,1-2H3,(H,29,30). The van der Waals surface area contributed by atoms with Crippen molar-refractivity contribution in [3.8, 4) is 11.3 Å². The van der Waals surface area contributed by atoms with Crippen LogP contribution in [0.1, 0.15) is 54.2 Å². The van der Waals surface area contributed by atoms with Gasteiger partial charge in [0.15, 0.2) is 0 Å². The fraction of sp³-hybridized carbons (Fsp3) is 0.292. The third-order valence-corrected chi connectivity index (χ3v) is 4.88. The van der Waals surface area contributed by atoms with E-state index in [4.69, 9.17) is 4.74 Å². The van der Waals surface area contributed by atoms with E-state index in [9.17, 15) is 18.0 Å². The number of anilines is 1. The van der Waals surface area contributed by atoms with Crippen molar-refractivity contribution in [2.24, 2.45) is 0 Å². The zero-order chi connectivity index (χ0) is 23.1. The van der Waals surface area contributed by atoms with E-state index in [0.717, 1.165) is 30.5 Å². The van der Waals surface area contributed by atoms with Gasteiger partial charge in [0.2, 0.25) is 0 Å². The molecule has 1 aromatic heterocycles. The maximum Gasteiger partial charge on any atom is 0.416 e. The van der Waals surface area contributed by atoms with E-state index >= 15 is 0 Å². The van der Waals surface area contributed by atoms with Crippen LogP contribution in [0.15, 0.2) is 60.9 Å². The Morgan fingerprint density at radius 3 is 2.22 bits per heavy atom. The lowest BCUT2D eigenvalue weighted by Gasteiger charge is -2.19. The molecule has 1 N–H and O–H groups in total. The van der Waals surface area contributed by atoms with E-state index in [1.54, 1.807) is 25.3 Å². The molecule has 1 heterocycles. The van der Waals surface area contributed by atoms with Crippen LogP contribution >= 0.6 is 0 Å². The Morgan fingerprint density at radius 2 is 1.69 bits per heavy atom. The minimum atomic E-state index is -4.37. The number of halogens is 3. The van der Waals surface area contributed by atoms with Crippen LogP contribution in [0.3, 0.4) is 0 Å². The Hall–Kier alpha value is -3.42. The number of carbonyl (C=O) groups is 1. The van der Waals surface area contributed by atoms with Crippen molar-refractivity contribution >= 4 is 11.8 Å². The van der Waals surface area contributed by atoms with Gasteiger partial charge in [-0.15, -0.1) is 0 Å². The molecule has 5 nitrogen and oxygen atoms in total. The highest BCUT2D eigenvalue weighted by Crippen LogP contribution is 2.31. The molecule has 0 aliphatic carbocycles. The molecule has 0 saturated carbocycles. The molecule has 0 amide bonds. The molecule has 0 fully saturated rings. The van der Waals surface area contributed by atoms with E-state index in [-0.39, 0.29) is 12.0 Å². The van der Waals surface area contributed by atoms with Gasteiger partial charge in [-0.3, -0.25) is 4.98 Å². The van der Waals surface area contributed by atoms with Crippen molar-refractivity contribution in [2.75, 3.05) is 11.9 Å². The number of ether oxygens (including phenoxy) is 1. The minimum absolute atomic E-state index is 0.0394. The zero-order valence-electron chi connectivity index (χ0n) is 17.8. The summed E-state index contributed by atoms with van der Waals surface area (Å²) < 4.78 is 43.2. The van der Waals surface area contributed by atoms with Gasteiger partial charge in [0.1, 0.15) is 5.82 Å². The predicted octanol–water partition coefficient (Wildman–Crippen LogP) is 6.29. The maximum atomic E-state index is 12.7. The fourth-order valence-corrected chi connectivity index (χ4v) is 3.24. The van der Waals surface area contributed by atoms with Gasteiger partial charge in [-0.2, -0.15) is 13.2 Å². The highest BCUT2D eigenvalue weighted by Gasteiger charge is 2.30. The summed E-state index contributed by atoms with van der Waals surface area (Å²) in [7, 11) is 0. The molecule has 0 aliphatic heterocycles. The average Bonchev–Trinajstić information content (AvgIpc) is 2.79. The van der Waals surface area contributed by atoms with Gasteiger partial charge in [-0.25, -0.2) is 9.78 Å². The molecule has 1 atom stereocenters. The van der Waals surface area contributed by atoms with Crippen LogP contribution in [0.25, 0.3) is 11.3 Å². The highest BCUT2D eigenvalue weighted by atomic mass is 19.4. The van der Waals surface area contributed by atoms with Gasteiger partial charge in [0.25, 0.3) is 0 Å². The molecule has 8 heteroatoms. The topological polar surface area (TPSA) is 64.1 Å². The summed E-state index contributed by atoms with van der Waals surface area (Å²) in [6.45, 7) is 4.15. The second kappa shape index (κ2) is 10.3. The summed E-state index contributed by atoms with van der Waals surface area (Å²) in [6.07, 6.45) is 0.469. The first-order valence-corrected chi connectivity index (χ1v) is 10.3. The molecule has 0 spiro atoms. The lowest BCUT2D eigenvalue weighted by atomic mass is 10.0. The quantitative estimate of drug-likeness (QED) is 0.415. The molecule has 0 bridgehead atoms. The number of alkyl halides is 3. The second-order valence-corrected chi connectivity index (χ2v) is 7.19. The van der Waals surface area contributed by atoms with Gasteiger partial charge in [0.05, 0.1) is 41.9 Å². The first kappa shape index (κ1) is 23.2. The number of nitrogens with one attached hydrogen (secondary N) is 1. The fourth-order valence-electron chi connectivity index (χ4n) is 3.24. The summed E-state index contributed by atoms with van der Waals surface area (Å²) >= 11 is 0. The normalized spacial score (nSPS) is 12.3. The molecule has 2 aromatic carbocycles. The largest absolute Gasteiger partial charge is 0.462 e. The van der Waals surface area contributed by atoms with E-state index in [1.807, 2.05) is 12.1 Å². The van der Waals surface area contributed by atoms with Gasteiger partial charge < -0.3 is 10.1 Å². The lowest BCUT2D eigenvalue weighted by molar-refractivity contribution is -0.137. The third-order valence-electron chi connectivity index (χ3n) is 4.88. The number of aromatic nitrogens is 2. The highest BCUT2D eigenvalue weighted by molar-refractivity contribution is 5.89. The summed E-state index contributed by atoms with van der Waals surface area (Å²) in [5.41, 5.74) is 1.82. The Morgan fingerprint density at radius 1 is 1.00 bits per heavy atom. The summed E-state index contributed by atoms with van der Waals surface area (Å²) in [5.74, 6) is 0.192. The van der Waals surface area contributed by atoms with E-state index in [1.165, 1.54) is 18.3 Å². The van der Waals surface area contributed by atoms with Crippen molar-refractivity contribution in [1.29, 1.82) is 0 Å². The van der Waals surface area contributed by atoms with Gasteiger partial charge >= 0.3 is 12.1 Å². The summed E-state index contributed by atoms with van der Waals surface area (Å²) in [6, 6.07) is 12.0. The molecule has 1 unspecified atom stereocenters. The van der Waals surface area contributed by atoms with Crippen LogP contribution in [0.2, 0.25) is 0 Å². The Kier molecular flexibility index (Phi) is 7.45. The van der Waals surface area contributed by atoms with Crippen molar-refractivity contribution in [3.63, 3.8) is 0 Å². The maximum absolute atomic E-state index is 12.7. The van der Waals surface area contributed by atoms with Crippen molar-refractivity contribution in [3.05, 3.63) is 77.6 Å². The molecule has 3 aromatic rings. The van der Waals surface area contributed by atoms with Gasteiger partial charge in [-0.1, -0.05) is 37.6 Å². The first-order valence-electron chi connectivity index (χ1n) is 10.3. The van der Waals surface area contributed by atoms with Crippen LogP contribution < -0.4 is 5.32 Å². The number of rotatable bonds is 8. The predicted molar refractivity (Wildman–Crippen MR) is 116 cm³/mol. The van der Waals surface area contributed by atoms with Gasteiger partial charge in [0, 0.05) is 5.56 Å². The Labute approximate surface area is 184 Å². The number of hydrogen-bond acceptors (Lipinski definition) is 5. The summed E-state index contributed by atoms with van der Waals surface area (Å²) in [5, 5.41) is 3.34. The molecule has 0 saturated heterocycles. The second-order valence-electron chi connectivity index (χ2n) is 7.19. The molecule has 168 valence electrons. The minimum Gasteiger partial charge on any atom is -0.462 e. The van der Waals surface area contributed by atoms with Crippen molar-refractivity contribution in [1.82, 2.24) is 9.97 Å². The van der Waals surface area contributed by atoms with Crippen LogP contribution in [0.5, 0.6) is 0 Å². The van der Waals surface area contributed by atoms with Crippen LogP contribution in [0, 0.1) is 0 Å². The number of benzene rings is 2. The van der Waals surface area contributed by atoms with Gasteiger partial charge in [-0.05, 0) is 43.2 Å². The van der Waals surface area contributed by atoms with Crippen LogP contribution in [-0.4, -0.2) is 22.5 Å². The molecule has 0 radical (unpaired) electrons. The van der Waals surface area contributed by atoms with E-state index in [0.29, 0.717) is 29.2 Å². The third kappa shape index (κ3) is 5.84. The zero-order valence-corrected chi connectivity index (χ0v) is 17.8. The molecule has 32 heavy (non-hydrogen) atoms. The molecule has 0 aliphatic rings. The number of nitrogens with zero attached hydrogens (tertiary/aromatic N) is 2. The molecular formula is C24H24F3N3O2. The summed E-state index contributed by atoms with van der Waals surface area (Å²) in [4.78, 5) is 20.6. The lowest BCUT2D eigenvalue weighted by Crippen LogP contribution is -2.12. The van der Waals surface area contributed by atoms with E-state index < -0.39 is 11.7 Å². The van der Waals surface area contributed by atoms with Crippen LogP contribution in [0.4, 0.5) is 19.0 Å². The monoisotopic (exact) mass is 443 g/mol. The number of esters is 1. The molecule has 3 rings (SSSR count). The van der Waals surface area contributed by atoms with Crippen molar-refractivity contribution < 1.29 is 22.7 Å². The first-order chi connectivity index (χ1) is 15.3. The number of carbonyl (C=O) groups excluding carboxylic acids is 1. The smallest absolute Gasteiger partial charge is 0.416 e. The Bertz CT molecular complexity index is 1020. The van der Waals surface area contributed by atoms with Crippen molar-refractivity contribution in [2.45, 2.75) is 38.9 Å².